The highest BCUT2D eigenvalue weighted by atomic mass is 32.2. The lowest BCUT2D eigenvalue weighted by Gasteiger charge is -2.10. The van der Waals surface area contributed by atoms with Crippen LogP contribution in [0.4, 0.5) is 10.1 Å². The largest absolute Gasteiger partial charge is 0.315 e. The fraction of sp³-hybridized carbons (Fsp3) is 0.286. The lowest BCUT2D eigenvalue weighted by atomic mass is 10.2. The molecule has 2 rings (SSSR count). The van der Waals surface area contributed by atoms with Crippen molar-refractivity contribution in [3.05, 3.63) is 45.4 Å². The molecule has 2 N–H and O–H groups in total. The van der Waals surface area contributed by atoms with E-state index in [0.717, 1.165) is 9.75 Å². The van der Waals surface area contributed by atoms with Crippen LogP contribution in [-0.2, 0) is 16.6 Å². The van der Waals surface area contributed by atoms with Crippen molar-refractivity contribution < 1.29 is 12.8 Å². The molecule has 1 aromatic carbocycles. The van der Waals surface area contributed by atoms with E-state index in [1.165, 1.54) is 29.5 Å². The number of nitrogens with one attached hydrogen (secondary N) is 2. The summed E-state index contributed by atoms with van der Waals surface area (Å²) in [7, 11) is -1.86. The Morgan fingerprint density at radius 3 is 2.57 bits per heavy atom. The molecule has 0 spiro atoms. The van der Waals surface area contributed by atoms with Gasteiger partial charge in [0, 0.05) is 16.3 Å². The van der Waals surface area contributed by atoms with Gasteiger partial charge in [0.15, 0.2) is 0 Å². The van der Waals surface area contributed by atoms with Crippen molar-refractivity contribution in [1.29, 1.82) is 0 Å². The van der Waals surface area contributed by atoms with Gasteiger partial charge in [0.05, 0.1) is 5.69 Å². The van der Waals surface area contributed by atoms with Crippen LogP contribution in [0.5, 0.6) is 0 Å². The van der Waals surface area contributed by atoms with Crippen molar-refractivity contribution >= 4 is 27.0 Å². The third-order valence-corrected chi connectivity index (χ3v) is 5.67. The second-order valence-corrected chi connectivity index (χ2v) is 7.72. The molecule has 0 saturated carbocycles. The third kappa shape index (κ3) is 3.61. The Morgan fingerprint density at radius 1 is 1.24 bits per heavy atom. The monoisotopic (exact) mass is 328 g/mol. The molecular weight excluding hydrogens is 311 g/mol. The first kappa shape index (κ1) is 15.9. The smallest absolute Gasteiger partial charge is 0.263 e. The Labute approximate surface area is 128 Å². The van der Waals surface area contributed by atoms with Crippen LogP contribution >= 0.6 is 11.3 Å². The van der Waals surface area contributed by atoms with Gasteiger partial charge in [-0.25, -0.2) is 12.8 Å². The van der Waals surface area contributed by atoms with Crippen LogP contribution in [0.3, 0.4) is 0 Å². The fourth-order valence-corrected chi connectivity index (χ4v) is 4.77. The molecule has 0 aliphatic rings. The molecule has 4 nitrogen and oxygen atoms in total. The molecule has 7 heteroatoms. The maximum atomic E-state index is 13.1. The Morgan fingerprint density at radius 2 is 1.95 bits per heavy atom. The number of thiophene rings is 1. The Balaban J connectivity index is 2.34. The van der Waals surface area contributed by atoms with E-state index in [1.54, 1.807) is 19.9 Å². The molecule has 0 amide bonds. The average Bonchev–Trinajstić information content (AvgIpc) is 2.75. The first-order valence-corrected chi connectivity index (χ1v) is 8.66. The second kappa shape index (κ2) is 6.13. The number of sulfonamides is 1. The van der Waals surface area contributed by atoms with E-state index in [-0.39, 0.29) is 4.90 Å². The number of benzene rings is 1. The summed E-state index contributed by atoms with van der Waals surface area (Å²) in [5.74, 6) is -0.390. The van der Waals surface area contributed by atoms with Crippen molar-refractivity contribution in [2.75, 3.05) is 11.8 Å². The Bertz CT molecular complexity index is 754. The molecule has 0 fully saturated rings. The molecule has 2 aromatic rings. The van der Waals surface area contributed by atoms with Crippen LogP contribution in [0.1, 0.15) is 15.3 Å². The van der Waals surface area contributed by atoms with Gasteiger partial charge in [-0.05, 0) is 50.7 Å². The lowest BCUT2D eigenvalue weighted by Crippen LogP contribution is -2.14. The summed E-state index contributed by atoms with van der Waals surface area (Å²) < 4.78 is 40.5. The van der Waals surface area contributed by atoms with E-state index >= 15 is 0 Å². The van der Waals surface area contributed by atoms with E-state index in [0.29, 0.717) is 17.8 Å². The van der Waals surface area contributed by atoms with E-state index in [1.807, 2.05) is 7.05 Å². The summed E-state index contributed by atoms with van der Waals surface area (Å²) in [6.07, 6.45) is 0. The minimum atomic E-state index is -3.67. The maximum absolute atomic E-state index is 13.1. The number of anilines is 1. The fourth-order valence-electron chi connectivity index (χ4n) is 1.99. The molecule has 0 unspecified atom stereocenters. The Hall–Kier alpha value is -1.44. The second-order valence-electron chi connectivity index (χ2n) is 4.73. The molecule has 0 bridgehead atoms. The highest BCUT2D eigenvalue weighted by molar-refractivity contribution is 7.93. The first-order valence-electron chi connectivity index (χ1n) is 6.36. The van der Waals surface area contributed by atoms with Gasteiger partial charge in [0.2, 0.25) is 0 Å². The summed E-state index contributed by atoms with van der Waals surface area (Å²) >= 11 is 1.44. The zero-order chi connectivity index (χ0) is 15.6. The third-order valence-electron chi connectivity index (χ3n) is 3.00. The molecule has 0 saturated heterocycles. The zero-order valence-corrected chi connectivity index (χ0v) is 13.7. The molecule has 1 heterocycles. The van der Waals surface area contributed by atoms with E-state index in [9.17, 15) is 12.8 Å². The number of aryl methyl sites for hydroxylation is 2. The molecule has 0 atom stereocenters. The van der Waals surface area contributed by atoms with Crippen LogP contribution in [0.2, 0.25) is 0 Å². The van der Waals surface area contributed by atoms with Gasteiger partial charge < -0.3 is 5.32 Å². The SMILES string of the molecule is CNCc1cc(S(=O)(=O)Nc2ccc(F)cc2C)c(C)s1. The van der Waals surface area contributed by atoms with Gasteiger partial charge >= 0.3 is 0 Å². The van der Waals surface area contributed by atoms with Crippen molar-refractivity contribution in [3.63, 3.8) is 0 Å². The van der Waals surface area contributed by atoms with Crippen molar-refractivity contribution in [3.8, 4) is 0 Å². The number of rotatable bonds is 5. The van der Waals surface area contributed by atoms with Crippen LogP contribution in [0.15, 0.2) is 29.2 Å². The summed E-state index contributed by atoms with van der Waals surface area (Å²) in [5, 5.41) is 2.99. The Kier molecular flexibility index (Phi) is 4.65. The zero-order valence-electron chi connectivity index (χ0n) is 12.0. The standard InChI is InChI=1S/C14H17FN2O2S2/c1-9-6-11(15)4-5-13(9)17-21(18,19)14-7-12(8-16-3)20-10(14)2/h4-7,16-17H,8H2,1-3H3. The van der Waals surface area contributed by atoms with Crippen molar-refractivity contribution in [1.82, 2.24) is 5.32 Å². The van der Waals surface area contributed by atoms with E-state index in [4.69, 9.17) is 0 Å². The topological polar surface area (TPSA) is 58.2 Å². The number of hydrogen-bond donors (Lipinski definition) is 2. The van der Waals surface area contributed by atoms with Gasteiger partial charge in [-0.15, -0.1) is 11.3 Å². The van der Waals surface area contributed by atoms with Crippen molar-refractivity contribution in [2.45, 2.75) is 25.3 Å². The summed E-state index contributed by atoms with van der Waals surface area (Å²) in [5.41, 5.74) is 0.930. The van der Waals surface area contributed by atoms with E-state index < -0.39 is 15.8 Å². The van der Waals surface area contributed by atoms with Crippen LogP contribution < -0.4 is 10.0 Å². The maximum Gasteiger partial charge on any atom is 0.263 e. The lowest BCUT2D eigenvalue weighted by molar-refractivity contribution is 0.600. The molecule has 0 radical (unpaired) electrons. The van der Waals surface area contributed by atoms with Gasteiger partial charge in [-0.3, -0.25) is 4.72 Å². The highest BCUT2D eigenvalue weighted by Gasteiger charge is 2.20. The van der Waals surface area contributed by atoms with Crippen LogP contribution in [0.25, 0.3) is 0 Å². The highest BCUT2D eigenvalue weighted by Crippen LogP contribution is 2.28. The molecule has 0 aliphatic heterocycles. The van der Waals surface area contributed by atoms with Gasteiger partial charge in [0.1, 0.15) is 10.7 Å². The van der Waals surface area contributed by atoms with E-state index in [2.05, 4.69) is 10.0 Å². The minimum absolute atomic E-state index is 0.265. The summed E-state index contributed by atoms with van der Waals surface area (Å²) in [4.78, 5) is 1.94. The predicted octanol–water partition coefficient (Wildman–Crippen LogP) is 3.02. The summed E-state index contributed by atoms with van der Waals surface area (Å²) in [6.45, 7) is 4.06. The van der Waals surface area contributed by atoms with Gasteiger partial charge in [0.25, 0.3) is 10.0 Å². The molecule has 1 aromatic heterocycles. The molecule has 114 valence electrons. The molecular formula is C14H17FN2O2S2. The molecule has 21 heavy (non-hydrogen) atoms. The predicted molar refractivity (Wildman–Crippen MR) is 83.8 cm³/mol. The number of hydrogen-bond acceptors (Lipinski definition) is 4. The molecule has 0 aliphatic carbocycles. The minimum Gasteiger partial charge on any atom is -0.315 e. The van der Waals surface area contributed by atoms with Gasteiger partial charge in [-0.1, -0.05) is 0 Å². The van der Waals surface area contributed by atoms with Gasteiger partial charge in [-0.2, -0.15) is 0 Å². The van der Waals surface area contributed by atoms with Crippen molar-refractivity contribution in [2.24, 2.45) is 0 Å². The summed E-state index contributed by atoms with van der Waals surface area (Å²) in [6, 6.07) is 5.62. The average molecular weight is 328 g/mol. The quantitative estimate of drug-likeness (QED) is 0.887. The normalized spacial score (nSPS) is 11.6. The first-order chi connectivity index (χ1) is 9.83. The number of halogens is 1. The van der Waals surface area contributed by atoms with Crippen LogP contribution in [0, 0.1) is 19.7 Å². The van der Waals surface area contributed by atoms with Crippen LogP contribution in [-0.4, -0.2) is 15.5 Å².